The predicted molar refractivity (Wildman–Crippen MR) is 77.6 cm³/mol. The monoisotopic (exact) mass is 297 g/mol. The highest BCUT2D eigenvalue weighted by molar-refractivity contribution is 7.90. The van der Waals surface area contributed by atoms with Crippen LogP contribution in [0.1, 0.15) is 17.7 Å². The summed E-state index contributed by atoms with van der Waals surface area (Å²) in [6, 6.07) is 0. The van der Waals surface area contributed by atoms with Gasteiger partial charge < -0.3 is 9.64 Å². The van der Waals surface area contributed by atoms with Gasteiger partial charge >= 0.3 is 0 Å². The van der Waals surface area contributed by atoms with Crippen LogP contribution in [0.25, 0.3) is 6.08 Å². The molecule has 0 fully saturated rings. The Hall–Kier alpha value is -1.47. The van der Waals surface area contributed by atoms with E-state index in [1.54, 1.807) is 14.0 Å². The van der Waals surface area contributed by atoms with Gasteiger partial charge in [0.25, 0.3) is 0 Å². The van der Waals surface area contributed by atoms with Crippen molar-refractivity contribution in [3.63, 3.8) is 0 Å². The number of aromatic nitrogens is 2. The van der Waals surface area contributed by atoms with Gasteiger partial charge in [0.05, 0.1) is 5.69 Å². The molecule has 20 heavy (non-hydrogen) atoms. The summed E-state index contributed by atoms with van der Waals surface area (Å²) < 4.78 is 28.4. The number of aryl methyl sites for hydroxylation is 1. The molecular formula is C13H19N3O3S. The van der Waals surface area contributed by atoms with Gasteiger partial charge in [-0.1, -0.05) is 12.2 Å². The van der Waals surface area contributed by atoms with Crippen LogP contribution < -0.4 is 4.90 Å². The van der Waals surface area contributed by atoms with Crippen LogP contribution in [-0.4, -0.2) is 51.4 Å². The highest BCUT2D eigenvalue weighted by atomic mass is 32.2. The molecule has 2 rings (SSSR count). The SMILES string of the molecule is COCCCN1CC=Cc2c(C)nc(S(C)(=O)=O)nc21. The summed E-state index contributed by atoms with van der Waals surface area (Å²) in [4.78, 5) is 10.4. The molecule has 6 nitrogen and oxygen atoms in total. The van der Waals surface area contributed by atoms with Gasteiger partial charge in [0.2, 0.25) is 15.0 Å². The Kier molecular flexibility index (Phi) is 4.39. The van der Waals surface area contributed by atoms with Crippen LogP contribution in [0.15, 0.2) is 11.2 Å². The third kappa shape index (κ3) is 3.16. The number of rotatable bonds is 5. The van der Waals surface area contributed by atoms with Gasteiger partial charge in [0, 0.05) is 38.6 Å². The molecule has 1 aromatic heterocycles. The molecule has 110 valence electrons. The van der Waals surface area contributed by atoms with Crippen molar-refractivity contribution in [1.82, 2.24) is 9.97 Å². The molecule has 0 amide bonds. The molecule has 0 N–H and O–H groups in total. The fourth-order valence-corrected chi connectivity index (χ4v) is 2.68. The minimum Gasteiger partial charge on any atom is -0.385 e. The van der Waals surface area contributed by atoms with Crippen molar-refractivity contribution in [2.24, 2.45) is 0 Å². The van der Waals surface area contributed by atoms with E-state index in [1.165, 1.54) is 0 Å². The molecule has 0 bridgehead atoms. The standard InChI is InChI=1S/C13H19N3O3S/c1-10-11-6-4-7-16(8-5-9-19-2)12(11)15-13(14-10)20(3,17)18/h4,6H,5,7-9H2,1-3H3. The lowest BCUT2D eigenvalue weighted by atomic mass is 10.1. The largest absolute Gasteiger partial charge is 0.385 e. The summed E-state index contributed by atoms with van der Waals surface area (Å²) in [5.74, 6) is 0.691. The van der Waals surface area contributed by atoms with Crippen molar-refractivity contribution in [2.45, 2.75) is 18.5 Å². The third-order valence-corrected chi connectivity index (χ3v) is 3.96. The van der Waals surface area contributed by atoms with Crippen LogP contribution in [0.4, 0.5) is 5.82 Å². The molecule has 1 aliphatic heterocycles. The Bertz CT molecular complexity index is 626. The Labute approximate surface area is 119 Å². The van der Waals surface area contributed by atoms with Gasteiger partial charge in [-0.15, -0.1) is 0 Å². The Morgan fingerprint density at radius 1 is 1.40 bits per heavy atom. The van der Waals surface area contributed by atoms with Gasteiger partial charge in [-0.25, -0.2) is 18.4 Å². The molecule has 0 saturated carbocycles. The number of nitrogens with zero attached hydrogens (tertiary/aromatic N) is 3. The normalized spacial score (nSPS) is 14.4. The Morgan fingerprint density at radius 2 is 2.15 bits per heavy atom. The zero-order valence-electron chi connectivity index (χ0n) is 12.0. The average molecular weight is 297 g/mol. The molecule has 0 radical (unpaired) electrons. The van der Waals surface area contributed by atoms with Gasteiger partial charge in [0.1, 0.15) is 5.82 Å². The number of ether oxygens (including phenoxy) is 1. The number of sulfone groups is 1. The van der Waals surface area contributed by atoms with E-state index in [1.807, 2.05) is 12.2 Å². The summed E-state index contributed by atoms with van der Waals surface area (Å²) >= 11 is 0. The first kappa shape index (κ1) is 14.9. The van der Waals surface area contributed by atoms with Crippen LogP contribution in [0.5, 0.6) is 0 Å². The van der Waals surface area contributed by atoms with E-state index in [0.29, 0.717) is 18.1 Å². The second-order valence-electron chi connectivity index (χ2n) is 4.80. The molecular weight excluding hydrogens is 278 g/mol. The fourth-order valence-electron chi connectivity index (χ4n) is 2.12. The molecule has 0 aliphatic carbocycles. The smallest absolute Gasteiger partial charge is 0.249 e. The molecule has 0 atom stereocenters. The zero-order chi connectivity index (χ0) is 14.8. The number of anilines is 1. The van der Waals surface area contributed by atoms with Crippen molar-refractivity contribution in [2.75, 3.05) is 38.0 Å². The number of fused-ring (bicyclic) bond motifs is 1. The molecule has 1 aromatic rings. The van der Waals surface area contributed by atoms with Crippen LogP contribution in [0, 0.1) is 6.92 Å². The molecule has 2 heterocycles. The van der Waals surface area contributed by atoms with E-state index in [9.17, 15) is 8.42 Å². The summed E-state index contributed by atoms with van der Waals surface area (Å²) in [5, 5.41) is -0.110. The minimum absolute atomic E-state index is 0.110. The molecule has 0 spiro atoms. The second kappa shape index (κ2) is 5.88. The van der Waals surface area contributed by atoms with E-state index in [-0.39, 0.29) is 5.16 Å². The maximum absolute atomic E-state index is 11.7. The Morgan fingerprint density at radius 3 is 2.80 bits per heavy atom. The molecule has 7 heteroatoms. The van der Waals surface area contributed by atoms with Crippen molar-refractivity contribution in [1.29, 1.82) is 0 Å². The quantitative estimate of drug-likeness (QED) is 0.598. The predicted octanol–water partition coefficient (Wildman–Crippen LogP) is 1.06. The first-order valence-corrected chi connectivity index (χ1v) is 8.31. The van der Waals surface area contributed by atoms with Crippen molar-refractivity contribution < 1.29 is 13.2 Å². The van der Waals surface area contributed by atoms with Crippen molar-refractivity contribution >= 4 is 21.7 Å². The highest BCUT2D eigenvalue weighted by Crippen LogP contribution is 2.27. The topological polar surface area (TPSA) is 72.4 Å². The molecule has 0 unspecified atom stereocenters. The lowest BCUT2D eigenvalue weighted by Gasteiger charge is -2.27. The van der Waals surface area contributed by atoms with Crippen molar-refractivity contribution in [3.05, 3.63) is 17.3 Å². The first-order valence-electron chi connectivity index (χ1n) is 6.42. The van der Waals surface area contributed by atoms with E-state index in [0.717, 1.165) is 31.3 Å². The maximum Gasteiger partial charge on any atom is 0.249 e. The highest BCUT2D eigenvalue weighted by Gasteiger charge is 2.21. The maximum atomic E-state index is 11.7. The fraction of sp³-hybridized carbons (Fsp3) is 0.538. The zero-order valence-corrected chi connectivity index (χ0v) is 12.8. The molecule has 1 aliphatic rings. The second-order valence-corrected chi connectivity index (χ2v) is 6.71. The molecule has 0 aromatic carbocycles. The van der Waals surface area contributed by atoms with E-state index >= 15 is 0 Å². The van der Waals surface area contributed by atoms with E-state index in [4.69, 9.17) is 4.74 Å². The van der Waals surface area contributed by atoms with Crippen LogP contribution in [-0.2, 0) is 14.6 Å². The first-order chi connectivity index (χ1) is 9.43. The number of hydrogen-bond acceptors (Lipinski definition) is 6. The lowest BCUT2D eigenvalue weighted by molar-refractivity contribution is 0.196. The Balaban J connectivity index is 2.39. The van der Waals surface area contributed by atoms with Gasteiger partial charge in [-0.05, 0) is 13.3 Å². The van der Waals surface area contributed by atoms with Crippen LogP contribution in [0.2, 0.25) is 0 Å². The van der Waals surface area contributed by atoms with Gasteiger partial charge in [0.15, 0.2) is 0 Å². The lowest BCUT2D eigenvalue weighted by Crippen LogP contribution is -2.30. The van der Waals surface area contributed by atoms with Gasteiger partial charge in [-0.2, -0.15) is 0 Å². The number of hydrogen-bond donors (Lipinski definition) is 0. The summed E-state index contributed by atoms with van der Waals surface area (Å²) in [7, 11) is -1.74. The van der Waals surface area contributed by atoms with E-state index < -0.39 is 9.84 Å². The van der Waals surface area contributed by atoms with Gasteiger partial charge in [-0.3, -0.25) is 0 Å². The number of methoxy groups -OCH3 is 1. The van der Waals surface area contributed by atoms with Crippen LogP contribution >= 0.6 is 0 Å². The third-order valence-electron chi connectivity index (χ3n) is 3.11. The summed E-state index contributed by atoms with van der Waals surface area (Å²) in [6.07, 6.45) is 5.97. The summed E-state index contributed by atoms with van der Waals surface area (Å²) in [5.41, 5.74) is 1.57. The van der Waals surface area contributed by atoms with Crippen molar-refractivity contribution in [3.8, 4) is 0 Å². The minimum atomic E-state index is -3.41. The molecule has 0 saturated heterocycles. The summed E-state index contributed by atoms with van der Waals surface area (Å²) in [6.45, 7) is 3.96. The average Bonchev–Trinajstić information content (AvgIpc) is 2.38. The van der Waals surface area contributed by atoms with Crippen LogP contribution in [0.3, 0.4) is 0 Å². The van der Waals surface area contributed by atoms with E-state index in [2.05, 4.69) is 14.9 Å².